The SMILES string of the molecule is Cc1cc2nc3c(nc2cc1C)C1(C(=O)NCCN2CCCCC2)CCC3(C)C1(C)C. The first-order chi connectivity index (χ1) is 14.7. The molecular formula is C26H36N4O. The van der Waals surface area contributed by atoms with Gasteiger partial charge < -0.3 is 10.2 Å². The van der Waals surface area contributed by atoms with Crippen LogP contribution in [-0.4, -0.2) is 47.0 Å². The lowest BCUT2D eigenvalue weighted by Gasteiger charge is -2.39. The number of carbonyl (C=O) groups is 1. The molecule has 2 atom stereocenters. The van der Waals surface area contributed by atoms with Crippen LogP contribution in [0.1, 0.15) is 75.4 Å². The molecule has 2 fully saturated rings. The normalized spacial score (nSPS) is 29.3. The van der Waals surface area contributed by atoms with E-state index in [4.69, 9.17) is 9.97 Å². The Morgan fingerprint density at radius 1 is 0.968 bits per heavy atom. The van der Waals surface area contributed by atoms with Gasteiger partial charge in [0.05, 0.1) is 27.8 Å². The highest BCUT2D eigenvalue weighted by molar-refractivity contribution is 5.93. The fraction of sp³-hybridized carbons (Fsp3) is 0.654. The Morgan fingerprint density at radius 3 is 2.23 bits per heavy atom. The average Bonchev–Trinajstić information content (AvgIpc) is 3.03. The van der Waals surface area contributed by atoms with Gasteiger partial charge in [0.1, 0.15) is 0 Å². The largest absolute Gasteiger partial charge is 0.354 e. The van der Waals surface area contributed by atoms with Gasteiger partial charge in [-0.2, -0.15) is 0 Å². The van der Waals surface area contributed by atoms with Gasteiger partial charge in [-0.15, -0.1) is 0 Å². The van der Waals surface area contributed by atoms with Crippen molar-refractivity contribution >= 4 is 16.9 Å². The molecule has 2 unspecified atom stereocenters. The van der Waals surface area contributed by atoms with Crippen molar-refractivity contribution < 1.29 is 4.79 Å². The second-order valence-corrected chi connectivity index (χ2v) is 10.9. The molecule has 2 aromatic rings. The minimum absolute atomic E-state index is 0.132. The molecule has 5 nitrogen and oxygen atoms in total. The number of benzene rings is 1. The maximum atomic E-state index is 13.8. The molecule has 1 aromatic carbocycles. The summed E-state index contributed by atoms with van der Waals surface area (Å²) in [5.74, 6) is 0.148. The van der Waals surface area contributed by atoms with Crippen molar-refractivity contribution in [3.8, 4) is 0 Å². The summed E-state index contributed by atoms with van der Waals surface area (Å²) in [7, 11) is 0. The zero-order chi connectivity index (χ0) is 22.0. The fourth-order valence-corrected chi connectivity index (χ4v) is 6.52. The first-order valence-electron chi connectivity index (χ1n) is 12.0. The molecule has 3 aliphatic rings. The molecule has 2 heterocycles. The highest BCUT2D eigenvalue weighted by Gasteiger charge is 2.73. The number of hydrogen-bond donors (Lipinski definition) is 1. The van der Waals surface area contributed by atoms with Crippen LogP contribution in [0.5, 0.6) is 0 Å². The van der Waals surface area contributed by atoms with Crippen LogP contribution in [0.25, 0.3) is 11.0 Å². The van der Waals surface area contributed by atoms with Crippen LogP contribution in [0.4, 0.5) is 0 Å². The van der Waals surface area contributed by atoms with Gasteiger partial charge in [-0.05, 0) is 81.3 Å². The summed E-state index contributed by atoms with van der Waals surface area (Å²) < 4.78 is 0. The monoisotopic (exact) mass is 420 g/mol. The van der Waals surface area contributed by atoms with Crippen LogP contribution < -0.4 is 5.32 Å². The molecule has 0 spiro atoms. The van der Waals surface area contributed by atoms with E-state index in [2.05, 4.69) is 57.0 Å². The first kappa shape index (κ1) is 20.9. The summed E-state index contributed by atoms with van der Waals surface area (Å²) in [4.78, 5) is 26.6. The van der Waals surface area contributed by atoms with E-state index in [0.29, 0.717) is 6.54 Å². The second-order valence-electron chi connectivity index (χ2n) is 10.9. The fourth-order valence-electron chi connectivity index (χ4n) is 6.52. The van der Waals surface area contributed by atoms with Crippen molar-refractivity contribution in [3.63, 3.8) is 0 Å². The van der Waals surface area contributed by atoms with Crippen molar-refractivity contribution in [1.29, 1.82) is 0 Å². The summed E-state index contributed by atoms with van der Waals surface area (Å²) in [5.41, 5.74) is 5.34. The van der Waals surface area contributed by atoms with Gasteiger partial charge in [0.25, 0.3) is 0 Å². The van der Waals surface area contributed by atoms with Gasteiger partial charge in [0.15, 0.2) is 0 Å². The molecule has 1 amide bonds. The van der Waals surface area contributed by atoms with Crippen molar-refractivity contribution in [2.24, 2.45) is 5.41 Å². The Labute approximate surface area is 186 Å². The van der Waals surface area contributed by atoms with E-state index in [1.54, 1.807) is 0 Å². The molecule has 2 aliphatic carbocycles. The van der Waals surface area contributed by atoms with E-state index >= 15 is 0 Å². The van der Waals surface area contributed by atoms with E-state index < -0.39 is 5.41 Å². The number of fused-ring (bicyclic) bond motifs is 6. The van der Waals surface area contributed by atoms with Crippen molar-refractivity contribution in [1.82, 2.24) is 20.2 Å². The van der Waals surface area contributed by atoms with Crippen molar-refractivity contribution in [2.45, 2.75) is 77.6 Å². The Kier molecular flexibility index (Phi) is 4.71. The molecule has 2 bridgehead atoms. The van der Waals surface area contributed by atoms with Gasteiger partial charge in [0.2, 0.25) is 5.91 Å². The summed E-state index contributed by atoms with van der Waals surface area (Å²) in [6.45, 7) is 15.0. The maximum Gasteiger partial charge on any atom is 0.232 e. The van der Waals surface area contributed by atoms with E-state index in [9.17, 15) is 4.79 Å². The van der Waals surface area contributed by atoms with Crippen molar-refractivity contribution in [3.05, 3.63) is 34.6 Å². The molecule has 1 saturated heterocycles. The summed E-state index contributed by atoms with van der Waals surface area (Å²) in [5, 5.41) is 3.32. The lowest BCUT2D eigenvalue weighted by molar-refractivity contribution is -0.130. The number of aryl methyl sites for hydroxylation is 2. The Morgan fingerprint density at radius 2 is 1.58 bits per heavy atom. The van der Waals surface area contributed by atoms with Crippen LogP contribution >= 0.6 is 0 Å². The third-order valence-electron chi connectivity index (χ3n) is 9.20. The second kappa shape index (κ2) is 6.99. The molecule has 166 valence electrons. The average molecular weight is 421 g/mol. The molecule has 5 rings (SSSR count). The predicted octanol–water partition coefficient (Wildman–Crippen LogP) is 4.18. The van der Waals surface area contributed by atoms with Gasteiger partial charge in [-0.25, -0.2) is 9.97 Å². The van der Waals surface area contributed by atoms with Gasteiger partial charge >= 0.3 is 0 Å². The highest BCUT2D eigenvalue weighted by Crippen LogP contribution is 2.70. The minimum atomic E-state index is -0.598. The lowest BCUT2D eigenvalue weighted by atomic mass is 9.63. The molecule has 1 saturated carbocycles. The third-order valence-corrected chi connectivity index (χ3v) is 9.20. The Hall–Kier alpha value is -2.01. The zero-order valence-electron chi connectivity index (χ0n) is 19.8. The predicted molar refractivity (Wildman–Crippen MR) is 124 cm³/mol. The minimum Gasteiger partial charge on any atom is -0.354 e. The van der Waals surface area contributed by atoms with E-state index in [0.717, 1.165) is 54.9 Å². The van der Waals surface area contributed by atoms with Crippen LogP contribution in [0.3, 0.4) is 0 Å². The number of amides is 1. The molecule has 1 aliphatic heterocycles. The lowest BCUT2D eigenvalue weighted by Crippen LogP contribution is -2.52. The Balaban J connectivity index is 1.51. The quantitative estimate of drug-likeness (QED) is 0.806. The van der Waals surface area contributed by atoms with Crippen LogP contribution in [0.2, 0.25) is 0 Å². The molecule has 31 heavy (non-hydrogen) atoms. The number of carbonyl (C=O) groups excluding carboxylic acids is 1. The van der Waals surface area contributed by atoms with E-state index in [1.165, 1.54) is 30.4 Å². The first-order valence-corrected chi connectivity index (χ1v) is 12.0. The number of likely N-dealkylation sites (tertiary alicyclic amines) is 1. The number of nitrogens with one attached hydrogen (secondary N) is 1. The standard InChI is InChI=1S/C26H36N4O/c1-17-15-19-20(16-18(17)2)29-22-21(28-19)25(5)9-10-26(22,24(25,3)4)23(31)27-11-14-30-12-7-6-8-13-30/h15-16H,6-14H2,1-5H3,(H,27,31). The maximum absolute atomic E-state index is 13.8. The summed E-state index contributed by atoms with van der Waals surface area (Å²) in [6.07, 6.45) is 5.72. The number of nitrogens with zero attached hydrogens (tertiary/aromatic N) is 3. The number of aromatic nitrogens is 2. The van der Waals surface area contributed by atoms with Crippen LogP contribution in [-0.2, 0) is 15.6 Å². The van der Waals surface area contributed by atoms with Crippen LogP contribution in [0, 0.1) is 19.3 Å². The third kappa shape index (κ3) is 2.75. The number of hydrogen-bond acceptors (Lipinski definition) is 4. The molecular weight excluding hydrogens is 384 g/mol. The Bertz CT molecular complexity index is 1060. The van der Waals surface area contributed by atoms with Crippen LogP contribution in [0.15, 0.2) is 12.1 Å². The molecule has 1 aromatic heterocycles. The number of rotatable bonds is 4. The summed E-state index contributed by atoms with van der Waals surface area (Å²) >= 11 is 0. The van der Waals surface area contributed by atoms with Crippen molar-refractivity contribution in [2.75, 3.05) is 26.2 Å². The van der Waals surface area contributed by atoms with E-state index in [1.807, 2.05) is 0 Å². The number of piperidine rings is 1. The zero-order valence-corrected chi connectivity index (χ0v) is 19.8. The van der Waals surface area contributed by atoms with Gasteiger partial charge in [-0.3, -0.25) is 4.79 Å². The smallest absolute Gasteiger partial charge is 0.232 e. The highest BCUT2D eigenvalue weighted by atomic mass is 16.2. The topological polar surface area (TPSA) is 58.1 Å². The molecule has 1 N–H and O–H groups in total. The van der Waals surface area contributed by atoms with E-state index in [-0.39, 0.29) is 16.7 Å². The van der Waals surface area contributed by atoms with Gasteiger partial charge in [0, 0.05) is 18.5 Å². The molecule has 0 radical (unpaired) electrons. The van der Waals surface area contributed by atoms with Gasteiger partial charge in [-0.1, -0.05) is 27.2 Å². The molecule has 5 heteroatoms. The summed E-state index contributed by atoms with van der Waals surface area (Å²) in [6, 6.07) is 4.27.